The van der Waals surface area contributed by atoms with Crippen LogP contribution in [0.5, 0.6) is 0 Å². The summed E-state index contributed by atoms with van der Waals surface area (Å²) in [5.74, 6) is 0.970. The normalized spacial score (nSPS) is 19.0. The van der Waals surface area contributed by atoms with Gasteiger partial charge in [-0.2, -0.15) is 0 Å². The zero-order chi connectivity index (χ0) is 5.28. The van der Waals surface area contributed by atoms with Crippen molar-refractivity contribution in [3.05, 3.63) is 0 Å². The summed E-state index contributed by atoms with van der Waals surface area (Å²) in [5, 5.41) is 0. The average Bonchev–Trinajstić information content (AvgIpc) is 1.23. The molecule has 0 atom stereocenters. The third-order valence-corrected chi connectivity index (χ3v) is 7.27. The van der Waals surface area contributed by atoms with Crippen LogP contribution in [0.4, 0.5) is 0 Å². The van der Waals surface area contributed by atoms with Crippen LogP contribution in [0.1, 0.15) is 6.92 Å². The zero-order valence-corrected chi connectivity index (χ0v) is 8.18. The van der Waals surface area contributed by atoms with Gasteiger partial charge in [-0.15, -0.1) is 0 Å². The number of hydrogen-bond acceptors (Lipinski definition) is 1. The van der Waals surface area contributed by atoms with E-state index in [1.165, 1.54) is 4.01 Å². The third kappa shape index (κ3) is 1.46. The summed E-state index contributed by atoms with van der Waals surface area (Å²) in [5.41, 5.74) is 0. The molecule has 2 heteroatoms. The molecule has 1 fully saturated rings. The van der Waals surface area contributed by atoms with Gasteiger partial charge in [0.05, 0.1) is 0 Å². The molecule has 0 N–H and O–H groups in total. The molecule has 0 aromatic rings. The van der Waals surface area contributed by atoms with Crippen molar-refractivity contribution in [2.75, 3.05) is 0 Å². The van der Waals surface area contributed by atoms with Gasteiger partial charge in [-0.1, -0.05) is 0 Å². The predicted molar refractivity (Wildman–Crippen MR) is 23.8 cm³/mol. The summed E-state index contributed by atoms with van der Waals surface area (Å²) >= 11 is -0.193. The van der Waals surface area contributed by atoms with Gasteiger partial charge in [0, 0.05) is 0 Å². The van der Waals surface area contributed by atoms with Gasteiger partial charge in [0.1, 0.15) is 0 Å². The molecule has 0 bridgehead atoms. The third-order valence-electron chi connectivity index (χ3n) is 1.48. The topological polar surface area (TPSA) is 17.1 Å². The summed E-state index contributed by atoms with van der Waals surface area (Å²) in [6, 6.07) is 0. The fraction of sp³-hybridized carbons (Fsp3) is 0.800. The van der Waals surface area contributed by atoms with Crippen molar-refractivity contribution < 1.29 is 41.9 Å². The standard InChI is InChI=1S/C5H8O.Pr/c1-4(2)5(3)6;/h4H,1-2H2,3H3;. The Balaban J connectivity index is 2.27. The Hall–Kier alpha value is 1.03. The van der Waals surface area contributed by atoms with Crippen molar-refractivity contribution in [1.29, 1.82) is 0 Å². The van der Waals surface area contributed by atoms with E-state index >= 15 is 0 Å². The monoisotopic (exact) mass is 225 g/mol. The zero-order valence-electron chi connectivity index (χ0n) is 4.48. The van der Waals surface area contributed by atoms with Crippen molar-refractivity contribution >= 4 is 5.78 Å². The minimum atomic E-state index is -0.193. The van der Waals surface area contributed by atoms with Crippen LogP contribution < -0.4 is 0 Å². The van der Waals surface area contributed by atoms with Crippen LogP contribution in [0.15, 0.2) is 0 Å². The first kappa shape index (κ1) is 6.16. The van der Waals surface area contributed by atoms with E-state index in [4.69, 9.17) is 0 Å². The Morgan fingerprint density at radius 2 is 2.29 bits per heavy atom. The van der Waals surface area contributed by atoms with E-state index in [1.54, 1.807) is 6.92 Å². The van der Waals surface area contributed by atoms with Crippen molar-refractivity contribution in [2.45, 2.75) is 10.9 Å². The van der Waals surface area contributed by atoms with E-state index in [0.717, 1.165) is 0 Å². The van der Waals surface area contributed by atoms with Crippen molar-refractivity contribution in [2.24, 2.45) is 5.92 Å². The molecule has 0 spiro atoms. The molecule has 37 valence electrons. The van der Waals surface area contributed by atoms with Gasteiger partial charge in [-0.3, -0.25) is 0 Å². The van der Waals surface area contributed by atoms with Gasteiger partial charge in [0.2, 0.25) is 0 Å². The molecule has 0 aromatic carbocycles. The molecule has 1 heterocycles. The molecule has 1 aliphatic rings. The molecule has 0 aliphatic carbocycles. The number of rotatable bonds is 1. The Morgan fingerprint density at radius 1 is 1.71 bits per heavy atom. The second-order valence-corrected chi connectivity index (χ2v) is 6.94. The fourth-order valence-corrected chi connectivity index (χ4v) is 4.93. The quantitative estimate of drug-likeness (QED) is 0.653. The molecule has 7 heavy (non-hydrogen) atoms. The first-order chi connectivity index (χ1) is 3.30. The van der Waals surface area contributed by atoms with Gasteiger partial charge < -0.3 is 0 Å². The Bertz CT molecular complexity index is 86.1. The van der Waals surface area contributed by atoms with E-state index in [9.17, 15) is 4.79 Å². The number of ketones is 1. The molecule has 0 aromatic heterocycles. The molecule has 0 saturated carbocycles. The van der Waals surface area contributed by atoms with Crippen molar-refractivity contribution in [1.82, 2.24) is 0 Å². The van der Waals surface area contributed by atoms with Crippen molar-refractivity contribution in [3.8, 4) is 0 Å². The molecule has 1 aliphatic heterocycles. The Labute approximate surface area is 63.8 Å². The molecule has 1 nitrogen and oxygen atoms in total. The molecule has 1 saturated heterocycles. The first-order valence-electron chi connectivity index (χ1n) is 2.63. The van der Waals surface area contributed by atoms with Crippen molar-refractivity contribution in [3.63, 3.8) is 0 Å². The number of hydrogen-bond donors (Lipinski definition) is 0. The maximum atomic E-state index is 10.5. The van der Waals surface area contributed by atoms with Crippen LogP contribution in [0.3, 0.4) is 0 Å². The van der Waals surface area contributed by atoms with Crippen LogP contribution >= 0.6 is 0 Å². The van der Waals surface area contributed by atoms with Crippen LogP contribution in [-0.4, -0.2) is 5.78 Å². The molecule has 1 rings (SSSR count). The first-order valence-corrected chi connectivity index (χ1v) is 7.86. The van der Waals surface area contributed by atoms with E-state index < -0.39 is 0 Å². The second-order valence-electron chi connectivity index (χ2n) is 2.07. The van der Waals surface area contributed by atoms with E-state index in [0.29, 0.717) is 11.7 Å². The number of Topliss-reactive ketones (excluding diaryl/α,β-unsaturated/α-hetero) is 1. The van der Waals surface area contributed by atoms with E-state index in [-0.39, 0.29) is 37.1 Å². The summed E-state index contributed by atoms with van der Waals surface area (Å²) in [6.45, 7) is 1.72. The SMILES string of the molecule is CC(=O)C1[CH2][Pr][CH2]1. The predicted octanol–water partition coefficient (Wildman–Crippen LogP) is 1.13. The molecular formula is C5H8OPr. The van der Waals surface area contributed by atoms with Gasteiger partial charge >= 0.3 is 64.6 Å². The van der Waals surface area contributed by atoms with Gasteiger partial charge in [0.25, 0.3) is 0 Å². The van der Waals surface area contributed by atoms with E-state index in [2.05, 4.69) is 0 Å². The summed E-state index contributed by atoms with van der Waals surface area (Å²) in [4.78, 5) is 10.5. The van der Waals surface area contributed by atoms with E-state index in [1.807, 2.05) is 0 Å². The van der Waals surface area contributed by atoms with Crippen LogP contribution in [0, 0.1) is 43.0 Å². The fourth-order valence-electron chi connectivity index (χ4n) is 0.665. The van der Waals surface area contributed by atoms with Gasteiger partial charge in [-0.25, -0.2) is 0 Å². The molecule has 0 amide bonds. The second kappa shape index (κ2) is 2.54. The molecule has 0 radical (unpaired) electrons. The summed E-state index contributed by atoms with van der Waals surface area (Å²) < 4.78 is 2.71. The average molecular weight is 225 g/mol. The van der Waals surface area contributed by atoms with Gasteiger partial charge in [0.15, 0.2) is 0 Å². The summed E-state index contributed by atoms with van der Waals surface area (Å²) in [6.07, 6.45) is 0. The number of carbonyl (C=O) groups excluding carboxylic acids is 1. The Morgan fingerprint density at radius 3 is 2.29 bits per heavy atom. The Kier molecular flexibility index (Phi) is 2.24. The maximum absolute atomic E-state index is 10.5. The molecule has 0 unspecified atom stereocenters. The number of carbonyl (C=O) groups is 1. The van der Waals surface area contributed by atoms with Crippen LogP contribution in [-0.2, 0) is 4.79 Å². The summed E-state index contributed by atoms with van der Waals surface area (Å²) in [7, 11) is 0. The van der Waals surface area contributed by atoms with Crippen LogP contribution in [0.2, 0.25) is 4.01 Å². The van der Waals surface area contributed by atoms with Gasteiger partial charge in [-0.05, 0) is 0 Å². The van der Waals surface area contributed by atoms with Crippen LogP contribution in [0.25, 0.3) is 0 Å². The minimum absolute atomic E-state index is 0.193. The molecular weight excluding hydrogens is 217 g/mol.